The Bertz CT molecular complexity index is 515. The van der Waals surface area contributed by atoms with Crippen molar-refractivity contribution >= 4 is 30.3 Å². The molecule has 0 aromatic carbocycles. The van der Waals surface area contributed by atoms with Crippen molar-refractivity contribution < 1.29 is 19.1 Å². The van der Waals surface area contributed by atoms with Crippen LogP contribution in [0.2, 0.25) is 13.3 Å². The number of ether oxygens (including phenoxy) is 2. The molecule has 0 fully saturated rings. The molecule has 28 heavy (non-hydrogen) atoms. The number of rotatable bonds is 15. The number of carbonyl (C=O) groups is 2. The van der Waals surface area contributed by atoms with E-state index in [1.807, 2.05) is 0 Å². The van der Waals surface area contributed by atoms with Crippen molar-refractivity contribution in [2.45, 2.75) is 98.8 Å². The van der Waals surface area contributed by atoms with E-state index in [9.17, 15) is 9.59 Å². The van der Waals surface area contributed by atoms with E-state index in [1.165, 1.54) is 50.4 Å². The molecule has 0 amide bonds. The predicted octanol–water partition coefficient (Wildman–Crippen LogP) is 6.21. The van der Waals surface area contributed by atoms with Crippen LogP contribution in [0.5, 0.6) is 0 Å². The molecule has 0 saturated heterocycles. The number of hydrogen-bond acceptors (Lipinski definition) is 4. The summed E-state index contributed by atoms with van der Waals surface area (Å²) in [5.74, 6) is -0.794. The van der Waals surface area contributed by atoms with Gasteiger partial charge in [0.1, 0.15) is 0 Å². The van der Waals surface area contributed by atoms with E-state index in [0.29, 0.717) is 0 Å². The molecule has 162 valence electrons. The number of hydrogen-bond donors (Lipinski definition) is 0. The molecule has 5 heteroatoms. The molecular weight excluding hydrogens is 459 g/mol. The van der Waals surface area contributed by atoms with Crippen molar-refractivity contribution in [1.82, 2.24) is 0 Å². The van der Waals surface area contributed by atoms with Crippen LogP contribution in [-0.4, -0.2) is 44.5 Å². The molecule has 1 aliphatic rings. The summed E-state index contributed by atoms with van der Waals surface area (Å²) in [7, 11) is 2.81. The maximum absolute atomic E-state index is 13.0. The Morgan fingerprint density at radius 2 is 1.14 bits per heavy atom. The summed E-state index contributed by atoms with van der Waals surface area (Å²) in [6, 6.07) is 0. The minimum atomic E-state index is -2.91. The molecule has 0 N–H and O–H groups in total. The molecular formula is C23H42O4Sn. The third-order valence-electron chi connectivity index (χ3n) is 6.39. The summed E-state index contributed by atoms with van der Waals surface area (Å²) in [4.78, 5) is 26.0. The summed E-state index contributed by atoms with van der Waals surface area (Å²) in [5.41, 5.74) is -0.0728. The van der Waals surface area contributed by atoms with Gasteiger partial charge in [-0.3, -0.25) is 0 Å². The average Bonchev–Trinajstić information content (AvgIpc) is 3.41. The first-order chi connectivity index (χ1) is 13.5. The Kier molecular flexibility index (Phi) is 11.2. The van der Waals surface area contributed by atoms with Crippen LogP contribution in [0.1, 0.15) is 85.5 Å². The van der Waals surface area contributed by atoms with Gasteiger partial charge in [0.25, 0.3) is 0 Å². The molecule has 0 aromatic heterocycles. The second-order valence-electron chi connectivity index (χ2n) is 8.28. The summed E-state index contributed by atoms with van der Waals surface area (Å²) in [6.07, 6.45) is 9.99. The zero-order valence-corrected chi connectivity index (χ0v) is 22.0. The summed E-state index contributed by atoms with van der Waals surface area (Å²) in [5, 5.41) is 0. The van der Waals surface area contributed by atoms with E-state index < -0.39 is 35.7 Å². The van der Waals surface area contributed by atoms with Crippen LogP contribution in [-0.2, 0) is 19.1 Å². The van der Waals surface area contributed by atoms with Crippen molar-refractivity contribution in [2.75, 3.05) is 14.2 Å². The fourth-order valence-corrected chi connectivity index (χ4v) is 23.8. The van der Waals surface area contributed by atoms with Gasteiger partial charge in [0.15, 0.2) is 0 Å². The van der Waals surface area contributed by atoms with E-state index in [0.717, 1.165) is 44.1 Å². The van der Waals surface area contributed by atoms with Crippen molar-refractivity contribution in [3.63, 3.8) is 0 Å². The fourth-order valence-electron chi connectivity index (χ4n) is 4.85. The van der Waals surface area contributed by atoms with Crippen LogP contribution < -0.4 is 0 Å². The van der Waals surface area contributed by atoms with Gasteiger partial charge >= 0.3 is 177 Å². The van der Waals surface area contributed by atoms with Crippen LogP contribution in [0.25, 0.3) is 0 Å². The first-order valence-corrected chi connectivity index (χ1v) is 18.9. The van der Waals surface area contributed by atoms with Gasteiger partial charge in [0, 0.05) is 0 Å². The predicted molar refractivity (Wildman–Crippen MR) is 118 cm³/mol. The standard InChI is InChI=1S/C11H15O4.3C4H9.Sn/c1-4-5-6-8-7-11(8,9(12)14-2)10(13)15-3;3*1-3-4-2;/h4-6H2,1-3H3;3*1,3-4H2,2H3;. The average molecular weight is 501 g/mol. The van der Waals surface area contributed by atoms with Gasteiger partial charge in [-0.1, -0.05) is 0 Å². The topological polar surface area (TPSA) is 52.6 Å². The van der Waals surface area contributed by atoms with E-state index in [1.54, 1.807) is 0 Å². The molecule has 0 radical (unpaired) electrons. The number of unbranched alkanes of at least 4 members (excludes halogenated alkanes) is 4. The van der Waals surface area contributed by atoms with Crippen LogP contribution in [0, 0.1) is 5.41 Å². The van der Waals surface area contributed by atoms with Crippen molar-refractivity contribution in [1.29, 1.82) is 0 Å². The second kappa shape index (κ2) is 12.2. The van der Waals surface area contributed by atoms with E-state index in [2.05, 4.69) is 27.7 Å². The van der Waals surface area contributed by atoms with Crippen LogP contribution >= 0.6 is 0 Å². The van der Waals surface area contributed by atoms with Gasteiger partial charge in [-0.05, 0) is 0 Å². The van der Waals surface area contributed by atoms with Gasteiger partial charge in [-0.25, -0.2) is 0 Å². The number of carbonyl (C=O) groups excluding carboxylic acids is 2. The maximum atomic E-state index is 13.0. The molecule has 0 aromatic rings. The van der Waals surface area contributed by atoms with Gasteiger partial charge in [-0.2, -0.15) is 0 Å². The summed E-state index contributed by atoms with van der Waals surface area (Å²) < 4.78 is 15.4. The van der Waals surface area contributed by atoms with E-state index >= 15 is 0 Å². The Balaban J connectivity index is 3.52. The Labute approximate surface area is 176 Å². The molecule has 0 spiro atoms. The van der Waals surface area contributed by atoms with Gasteiger partial charge in [0.2, 0.25) is 0 Å². The molecule has 0 bridgehead atoms. The molecule has 0 atom stereocenters. The van der Waals surface area contributed by atoms with Crippen molar-refractivity contribution in [3.05, 3.63) is 9.16 Å². The van der Waals surface area contributed by atoms with E-state index in [4.69, 9.17) is 9.47 Å². The molecule has 0 heterocycles. The quantitative estimate of drug-likeness (QED) is 0.152. The monoisotopic (exact) mass is 502 g/mol. The minimum absolute atomic E-state index is 0.397. The van der Waals surface area contributed by atoms with Gasteiger partial charge in [0.05, 0.1) is 0 Å². The van der Waals surface area contributed by atoms with Crippen LogP contribution in [0.3, 0.4) is 0 Å². The Hall–Kier alpha value is -0.521. The number of methoxy groups -OCH3 is 2. The van der Waals surface area contributed by atoms with Crippen molar-refractivity contribution in [2.24, 2.45) is 5.41 Å². The number of esters is 2. The second-order valence-corrected chi connectivity index (χ2v) is 21.3. The van der Waals surface area contributed by atoms with Crippen molar-refractivity contribution in [3.8, 4) is 0 Å². The molecule has 4 nitrogen and oxygen atoms in total. The van der Waals surface area contributed by atoms with Gasteiger partial charge in [-0.15, -0.1) is 0 Å². The summed E-state index contributed by atoms with van der Waals surface area (Å²) >= 11 is -2.91. The van der Waals surface area contributed by atoms with E-state index in [-0.39, 0.29) is 0 Å². The van der Waals surface area contributed by atoms with Crippen LogP contribution in [0.4, 0.5) is 0 Å². The van der Waals surface area contributed by atoms with Crippen LogP contribution in [0.15, 0.2) is 9.16 Å². The molecule has 1 aliphatic carbocycles. The normalized spacial score (nSPS) is 15.5. The third-order valence-corrected chi connectivity index (χ3v) is 22.6. The third kappa shape index (κ3) is 5.14. The first-order valence-electron chi connectivity index (χ1n) is 11.4. The SMILES string of the molecule is CCCCC1=[C]([Sn]([CH2]CCC)([CH2]CCC)[CH2]CCC)C1(C(=O)OC)C(=O)OC. The Morgan fingerprint density at radius 3 is 1.46 bits per heavy atom. The zero-order chi connectivity index (χ0) is 21.2. The van der Waals surface area contributed by atoms with Gasteiger partial charge < -0.3 is 0 Å². The zero-order valence-electron chi connectivity index (χ0n) is 19.1. The molecule has 0 aliphatic heterocycles. The molecule has 0 saturated carbocycles. The molecule has 1 rings (SSSR count). The Morgan fingerprint density at radius 1 is 0.750 bits per heavy atom. The fraction of sp³-hybridized carbons (Fsp3) is 0.826. The summed E-state index contributed by atoms with van der Waals surface area (Å²) in [6.45, 7) is 8.87. The first kappa shape index (κ1) is 25.5. The molecule has 0 unspecified atom stereocenters.